The molecule has 1 atom stereocenters. The summed E-state index contributed by atoms with van der Waals surface area (Å²) in [5, 5.41) is 4.05. The molecule has 1 aromatic heterocycles. The monoisotopic (exact) mass is 400 g/mol. The van der Waals surface area contributed by atoms with Gasteiger partial charge in [0.2, 0.25) is 10.0 Å². The van der Waals surface area contributed by atoms with Crippen molar-refractivity contribution in [1.29, 1.82) is 0 Å². The Morgan fingerprint density at radius 3 is 2.69 bits per heavy atom. The van der Waals surface area contributed by atoms with Crippen LogP contribution in [-0.4, -0.2) is 32.9 Å². The van der Waals surface area contributed by atoms with Crippen LogP contribution in [0.4, 0.5) is 10.1 Å². The first-order valence-corrected chi connectivity index (χ1v) is 9.93. The number of esters is 1. The number of anilines is 1. The highest BCUT2D eigenvalue weighted by Crippen LogP contribution is 2.15. The smallest absolute Gasteiger partial charge is 0.307 e. The van der Waals surface area contributed by atoms with E-state index in [1.807, 2.05) is 0 Å². The molecule has 1 heterocycles. The standard InChI is InChI=1S/C16H17FN2O5S2/c1-11(16(21)19-13-5-2-4-12(17)10-13)24-14(20)7-8-18-26(22,23)15-6-3-9-25-15/h2-6,9-11,18H,7-8H2,1H3,(H,19,21)/t11-/m1/s1. The van der Waals surface area contributed by atoms with Crippen LogP contribution >= 0.6 is 11.3 Å². The zero-order valence-electron chi connectivity index (χ0n) is 13.8. The molecule has 1 aromatic carbocycles. The van der Waals surface area contributed by atoms with Crippen molar-refractivity contribution < 1.29 is 27.1 Å². The van der Waals surface area contributed by atoms with Crippen molar-refractivity contribution in [3.8, 4) is 0 Å². The molecule has 2 aromatic rings. The predicted octanol–water partition coefficient (Wildman–Crippen LogP) is 2.13. The molecule has 1 amide bonds. The first kappa shape index (κ1) is 20.0. The number of benzene rings is 1. The minimum absolute atomic E-state index is 0.147. The summed E-state index contributed by atoms with van der Waals surface area (Å²) in [7, 11) is -3.66. The zero-order valence-corrected chi connectivity index (χ0v) is 15.4. The number of thiophene rings is 1. The lowest BCUT2D eigenvalue weighted by atomic mass is 10.3. The van der Waals surface area contributed by atoms with Crippen LogP contribution < -0.4 is 10.0 Å². The van der Waals surface area contributed by atoms with E-state index in [1.54, 1.807) is 11.4 Å². The highest BCUT2D eigenvalue weighted by molar-refractivity contribution is 7.91. The number of carbonyl (C=O) groups is 2. The van der Waals surface area contributed by atoms with Crippen LogP contribution in [0.1, 0.15) is 13.3 Å². The number of carbonyl (C=O) groups excluding carboxylic acids is 2. The number of amides is 1. The topological polar surface area (TPSA) is 102 Å². The second kappa shape index (κ2) is 8.88. The van der Waals surface area contributed by atoms with Crippen LogP contribution in [-0.2, 0) is 24.3 Å². The Morgan fingerprint density at radius 1 is 1.27 bits per heavy atom. The van der Waals surface area contributed by atoms with Gasteiger partial charge in [-0.25, -0.2) is 17.5 Å². The number of hydrogen-bond acceptors (Lipinski definition) is 6. The maximum Gasteiger partial charge on any atom is 0.307 e. The van der Waals surface area contributed by atoms with E-state index in [0.717, 1.165) is 17.4 Å². The van der Waals surface area contributed by atoms with Crippen LogP contribution in [0.15, 0.2) is 46.0 Å². The second-order valence-corrected chi connectivity index (χ2v) is 8.15. The van der Waals surface area contributed by atoms with Crippen molar-refractivity contribution in [2.45, 2.75) is 23.7 Å². The van der Waals surface area contributed by atoms with Gasteiger partial charge in [0.25, 0.3) is 5.91 Å². The van der Waals surface area contributed by atoms with E-state index in [2.05, 4.69) is 10.0 Å². The van der Waals surface area contributed by atoms with Gasteiger partial charge in [0, 0.05) is 12.2 Å². The Balaban J connectivity index is 1.77. The molecule has 0 spiro atoms. The average Bonchev–Trinajstić information content (AvgIpc) is 3.10. The summed E-state index contributed by atoms with van der Waals surface area (Å²) in [5.41, 5.74) is 0.238. The summed E-state index contributed by atoms with van der Waals surface area (Å²) >= 11 is 1.06. The van der Waals surface area contributed by atoms with Crippen LogP contribution in [0.5, 0.6) is 0 Å². The quantitative estimate of drug-likeness (QED) is 0.661. The van der Waals surface area contributed by atoms with E-state index in [4.69, 9.17) is 4.74 Å². The van der Waals surface area contributed by atoms with Gasteiger partial charge in [-0.3, -0.25) is 9.59 Å². The average molecular weight is 400 g/mol. The maximum absolute atomic E-state index is 13.1. The molecule has 0 aliphatic heterocycles. The Hall–Kier alpha value is -2.30. The number of sulfonamides is 1. The largest absolute Gasteiger partial charge is 0.452 e. The Labute approximate surface area is 154 Å². The summed E-state index contributed by atoms with van der Waals surface area (Å²) in [6.45, 7) is 1.21. The van der Waals surface area contributed by atoms with E-state index in [1.165, 1.54) is 31.2 Å². The van der Waals surface area contributed by atoms with E-state index in [0.29, 0.717) is 0 Å². The highest BCUT2D eigenvalue weighted by Gasteiger charge is 2.19. The van der Waals surface area contributed by atoms with Crippen molar-refractivity contribution in [2.24, 2.45) is 0 Å². The second-order valence-electron chi connectivity index (χ2n) is 5.21. The molecule has 0 fully saturated rings. The third-order valence-corrected chi connectivity index (χ3v) is 6.01. The fourth-order valence-corrected chi connectivity index (χ4v) is 3.96. The lowest BCUT2D eigenvalue weighted by molar-refractivity contribution is -0.152. The molecule has 0 unspecified atom stereocenters. The van der Waals surface area contributed by atoms with Crippen LogP contribution in [0.2, 0.25) is 0 Å². The molecule has 0 saturated carbocycles. The van der Waals surface area contributed by atoms with Crippen molar-refractivity contribution in [1.82, 2.24) is 4.72 Å². The first-order chi connectivity index (χ1) is 12.3. The summed E-state index contributed by atoms with van der Waals surface area (Å²) in [6.07, 6.45) is -1.35. The summed E-state index contributed by atoms with van der Waals surface area (Å²) < 4.78 is 44.2. The SMILES string of the molecule is C[C@@H](OC(=O)CCNS(=O)(=O)c1cccs1)C(=O)Nc1cccc(F)c1. The number of halogens is 1. The molecule has 7 nitrogen and oxygen atoms in total. The minimum atomic E-state index is -3.66. The van der Waals surface area contributed by atoms with E-state index < -0.39 is 33.8 Å². The Kier molecular flexibility index (Phi) is 6.83. The molecular formula is C16H17FN2O5S2. The first-order valence-electron chi connectivity index (χ1n) is 7.57. The number of nitrogens with one attached hydrogen (secondary N) is 2. The van der Waals surface area contributed by atoms with Gasteiger partial charge in [-0.2, -0.15) is 0 Å². The summed E-state index contributed by atoms with van der Waals surface area (Å²) in [4.78, 5) is 23.7. The zero-order chi connectivity index (χ0) is 19.2. The van der Waals surface area contributed by atoms with Crippen molar-refractivity contribution in [3.63, 3.8) is 0 Å². The van der Waals surface area contributed by atoms with Gasteiger partial charge in [0.1, 0.15) is 10.0 Å². The van der Waals surface area contributed by atoms with Gasteiger partial charge in [-0.1, -0.05) is 12.1 Å². The van der Waals surface area contributed by atoms with Gasteiger partial charge >= 0.3 is 5.97 Å². The van der Waals surface area contributed by atoms with Crippen LogP contribution in [0, 0.1) is 5.82 Å². The van der Waals surface area contributed by atoms with Gasteiger partial charge in [-0.15, -0.1) is 11.3 Å². The minimum Gasteiger partial charge on any atom is -0.452 e. The van der Waals surface area contributed by atoms with Gasteiger partial charge < -0.3 is 10.1 Å². The molecule has 0 aliphatic carbocycles. The highest BCUT2D eigenvalue weighted by atomic mass is 32.2. The molecule has 2 N–H and O–H groups in total. The normalized spacial score (nSPS) is 12.4. The van der Waals surface area contributed by atoms with Gasteiger partial charge in [-0.05, 0) is 36.6 Å². The van der Waals surface area contributed by atoms with E-state index >= 15 is 0 Å². The lowest BCUT2D eigenvalue weighted by Crippen LogP contribution is -2.32. The molecule has 0 radical (unpaired) electrons. The third kappa shape index (κ3) is 5.90. The lowest BCUT2D eigenvalue weighted by Gasteiger charge is -2.13. The number of ether oxygens (including phenoxy) is 1. The number of rotatable bonds is 8. The molecule has 0 bridgehead atoms. The van der Waals surface area contributed by atoms with Crippen molar-refractivity contribution in [2.75, 3.05) is 11.9 Å². The summed E-state index contributed by atoms with van der Waals surface area (Å²) in [6, 6.07) is 8.34. The molecular weight excluding hydrogens is 383 g/mol. The predicted molar refractivity (Wildman–Crippen MR) is 94.7 cm³/mol. The fourth-order valence-electron chi connectivity index (χ4n) is 1.89. The van der Waals surface area contributed by atoms with Gasteiger partial charge in [0.15, 0.2) is 6.10 Å². The molecule has 0 saturated heterocycles. The molecule has 140 valence electrons. The molecule has 10 heteroatoms. The Morgan fingerprint density at radius 2 is 2.04 bits per heavy atom. The Bertz CT molecular complexity index is 869. The van der Waals surface area contributed by atoms with Crippen LogP contribution in [0.25, 0.3) is 0 Å². The molecule has 2 rings (SSSR count). The summed E-state index contributed by atoms with van der Waals surface area (Å²) in [5.74, 6) is -1.87. The molecule has 26 heavy (non-hydrogen) atoms. The van der Waals surface area contributed by atoms with E-state index in [-0.39, 0.29) is 22.9 Å². The third-order valence-electron chi connectivity index (χ3n) is 3.15. The van der Waals surface area contributed by atoms with Crippen LogP contribution in [0.3, 0.4) is 0 Å². The molecule has 0 aliphatic rings. The van der Waals surface area contributed by atoms with Gasteiger partial charge in [0.05, 0.1) is 6.42 Å². The van der Waals surface area contributed by atoms with Crippen molar-refractivity contribution in [3.05, 3.63) is 47.6 Å². The number of hydrogen-bond donors (Lipinski definition) is 2. The maximum atomic E-state index is 13.1. The fraction of sp³-hybridized carbons (Fsp3) is 0.250. The van der Waals surface area contributed by atoms with E-state index in [9.17, 15) is 22.4 Å². The van der Waals surface area contributed by atoms with Crippen molar-refractivity contribution >= 4 is 38.9 Å².